The molecular formula is C7H10N8O. The van der Waals surface area contributed by atoms with Crippen molar-refractivity contribution in [1.82, 2.24) is 19.9 Å². The van der Waals surface area contributed by atoms with Crippen LogP contribution in [0.5, 0.6) is 0 Å². The lowest BCUT2D eigenvalue weighted by Gasteiger charge is -2.19. The Labute approximate surface area is 89.1 Å². The topological polar surface area (TPSA) is 162 Å². The third-order valence-electron chi connectivity index (χ3n) is 1.68. The van der Waals surface area contributed by atoms with Gasteiger partial charge in [0, 0.05) is 12.4 Å². The SMILES string of the molecule is NC(N)(N)Nc1nc2nccnc2c(=O)[nH]1. The monoisotopic (exact) mass is 222 g/mol. The van der Waals surface area contributed by atoms with Crippen molar-refractivity contribution < 1.29 is 0 Å². The standard InChI is InChI=1S/C7H10N8O/c8-7(9,10)15-6-13-4-3(5(16)14-6)11-1-2-12-4/h1-2H,8-10H2,(H2,12,13,14,15,16). The van der Waals surface area contributed by atoms with E-state index in [4.69, 9.17) is 17.2 Å². The smallest absolute Gasteiger partial charge is 0.280 e. The minimum Gasteiger partial charge on any atom is -0.313 e. The van der Waals surface area contributed by atoms with Crippen LogP contribution < -0.4 is 28.1 Å². The van der Waals surface area contributed by atoms with Crippen LogP contribution in [0.2, 0.25) is 0 Å². The van der Waals surface area contributed by atoms with Crippen molar-refractivity contribution in [3.05, 3.63) is 22.7 Å². The summed E-state index contributed by atoms with van der Waals surface area (Å²) in [7, 11) is 0. The molecule has 0 saturated carbocycles. The molecule has 0 aromatic carbocycles. The Morgan fingerprint density at radius 3 is 2.62 bits per heavy atom. The number of aromatic nitrogens is 4. The first-order chi connectivity index (χ1) is 7.46. The van der Waals surface area contributed by atoms with Gasteiger partial charge in [-0.25, -0.2) is 9.97 Å². The van der Waals surface area contributed by atoms with Gasteiger partial charge in [-0.15, -0.1) is 0 Å². The Morgan fingerprint density at radius 1 is 1.25 bits per heavy atom. The highest BCUT2D eigenvalue weighted by atomic mass is 16.1. The molecule has 0 saturated heterocycles. The van der Waals surface area contributed by atoms with E-state index in [1.54, 1.807) is 0 Å². The van der Waals surface area contributed by atoms with Gasteiger partial charge in [0.25, 0.3) is 5.56 Å². The summed E-state index contributed by atoms with van der Waals surface area (Å²) in [6.45, 7) is 0. The van der Waals surface area contributed by atoms with Crippen LogP contribution in [0, 0.1) is 0 Å². The lowest BCUT2D eigenvalue weighted by molar-refractivity contribution is 0.527. The maximum atomic E-state index is 11.5. The molecule has 9 heteroatoms. The molecule has 84 valence electrons. The number of hydrogen-bond donors (Lipinski definition) is 5. The molecule has 2 heterocycles. The van der Waals surface area contributed by atoms with Gasteiger partial charge >= 0.3 is 0 Å². The molecule has 0 amide bonds. The average Bonchev–Trinajstić information content (AvgIpc) is 2.15. The van der Waals surface area contributed by atoms with E-state index < -0.39 is 11.5 Å². The van der Waals surface area contributed by atoms with Gasteiger partial charge in [-0.3, -0.25) is 27.0 Å². The van der Waals surface area contributed by atoms with E-state index in [1.807, 2.05) is 0 Å². The van der Waals surface area contributed by atoms with Gasteiger partial charge in [-0.2, -0.15) is 4.98 Å². The largest absolute Gasteiger partial charge is 0.313 e. The number of nitrogens with zero attached hydrogens (tertiary/aromatic N) is 3. The van der Waals surface area contributed by atoms with Crippen LogP contribution in [-0.4, -0.2) is 25.8 Å². The summed E-state index contributed by atoms with van der Waals surface area (Å²) in [5, 5.41) is 2.41. The van der Waals surface area contributed by atoms with E-state index in [0.29, 0.717) is 0 Å². The first-order valence-electron chi connectivity index (χ1n) is 4.31. The quantitative estimate of drug-likeness (QED) is 0.351. The van der Waals surface area contributed by atoms with Gasteiger partial charge in [-0.1, -0.05) is 0 Å². The normalized spacial score (nSPS) is 11.7. The first kappa shape index (κ1) is 10.4. The summed E-state index contributed by atoms with van der Waals surface area (Å²) >= 11 is 0. The third-order valence-corrected chi connectivity index (χ3v) is 1.68. The van der Waals surface area contributed by atoms with E-state index in [2.05, 4.69) is 25.3 Å². The average molecular weight is 222 g/mol. The molecule has 0 aliphatic rings. The van der Waals surface area contributed by atoms with Crippen molar-refractivity contribution in [2.75, 3.05) is 5.32 Å². The molecule has 0 atom stereocenters. The summed E-state index contributed by atoms with van der Waals surface area (Å²) in [4.78, 5) is 25.6. The third kappa shape index (κ3) is 2.11. The van der Waals surface area contributed by atoms with Crippen LogP contribution in [0.1, 0.15) is 0 Å². The summed E-state index contributed by atoms with van der Waals surface area (Å²) < 4.78 is 0. The van der Waals surface area contributed by atoms with Crippen molar-refractivity contribution in [1.29, 1.82) is 0 Å². The second-order valence-electron chi connectivity index (χ2n) is 3.20. The predicted molar refractivity (Wildman–Crippen MR) is 56.9 cm³/mol. The van der Waals surface area contributed by atoms with E-state index >= 15 is 0 Å². The van der Waals surface area contributed by atoms with E-state index in [1.165, 1.54) is 12.4 Å². The fourth-order valence-corrected chi connectivity index (χ4v) is 1.14. The second-order valence-corrected chi connectivity index (χ2v) is 3.20. The number of nitrogens with one attached hydrogen (secondary N) is 2. The van der Waals surface area contributed by atoms with Gasteiger partial charge in [0.05, 0.1) is 0 Å². The van der Waals surface area contributed by atoms with Gasteiger partial charge in [-0.05, 0) is 0 Å². The highest BCUT2D eigenvalue weighted by Gasteiger charge is 2.13. The molecule has 0 fully saturated rings. The van der Waals surface area contributed by atoms with Gasteiger partial charge < -0.3 is 5.32 Å². The Morgan fingerprint density at radius 2 is 1.94 bits per heavy atom. The fourth-order valence-electron chi connectivity index (χ4n) is 1.14. The van der Waals surface area contributed by atoms with Gasteiger partial charge in [0.1, 0.15) is 0 Å². The van der Waals surface area contributed by atoms with Crippen LogP contribution in [0.15, 0.2) is 17.2 Å². The van der Waals surface area contributed by atoms with Crippen molar-refractivity contribution in [3.8, 4) is 0 Å². The molecule has 2 aromatic heterocycles. The number of anilines is 1. The molecule has 0 radical (unpaired) electrons. The summed E-state index contributed by atoms with van der Waals surface area (Å²) in [6.07, 6.45) is 2.81. The molecule has 0 aliphatic carbocycles. The van der Waals surface area contributed by atoms with Gasteiger partial charge in [0.2, 0.25) is 5.95 Å². The predicted octanol–water partition coefficient (Wildman–Crippen LogP) is -2.39. The maximum Gasteiger partial charge on any atom is 0.280 e. The number of fused-ring (bicyclic) bond motifs is 1. The molecular weight excluding hydrogens is 212 g/mol. The minimum atomic E-state index is -1.67. The summed E-state index contributed by atoms with van der Waals surface area (Å²) in [5.41, 5.74) is 15.8. The zero-order valence-corrected chi connectivity index (χ0v) is 8.14. The highest BCUT2D eigenvalue weighted by Crippen LogP contribution is 2.02. The van der Waals surface area contributed by atoms with Crippen LogP contribution in [0.3, 0.4) is 0 Å². The Bertz CT molecular complexity index is 570. The van der Waals surface area contributed by atoms with Crippen molar-refractivity contribution in [2.45, 2.75) is 5.91 Å². The van der Waals surface area contributed by atoms with Crippen LogP contribution >= 0.6 is 0 Å². The number of nitrogens with two attached hydrogens (primary N) is 3. The van der Waals surface area contributed by atoms with E-state index in [-0.39, 0.29) is 17.1 Å². The summed E-state index contributed by atoms with van der Waals surface area (Å²) in [5.74, 6) is -1.64. The second kappa shape index (κ2) is 3.48. The molecule has 0 aliphatic heterocycles. The Kier molecular flexibility index (Phi) is 2.27. The molecule has 0 bridgehead atoms. The molecule has 2 aromatic rings. The van der Waals surface area contributed by atoms with Crippen molar-refractivity contribution in [2.24, 2.45) is 17.2 Å². The van der Waals surface area contributed by atoms with Crippen LogP contribution in [-0.2, 0) is 0 Å². The lowest BCUT2D eigenvalue weighted by Crippen LogP contribution is -2.64. The molecule has 8 N–H and O–H groups in total. The van der Waals surface area contributed by atoms with E-state index in [0.717, 1.165) is 0 Å². The lowest BCUT2D eigenvalue weighted by atomic mass is 10.5. The van der Waals surface area contributed by atoms with Gasteiger partial charge in [0.15, 0.2) is 17.1 Å². The Hall–Kier alpha value is -2.10. The maximum absolute atomic E-state index is 11.5. The van der Waals surface area contributed by atoms with Crippen LogP contribution in [0.4, 0.5) is 5.95 Å². The number of H-pyrrole nitrogens is 1. The van der Waals surface area contributed by atoms with E-state index in [9.17, 15) is 4.79 Å². The fraction of sp³-hybridized carbons (Fsp3) is 0.143. The highest BCUT2D eigenvalue weighted by molar-refractivity contribution is 5.68. The van der Waals surface area contributed by atoms with Crippen LogP contribution in [0.25, 0.3) is 11.2 Å². The summed E-state index contributed by atoms with van der Waals surface area (Å²) in [6, 6.07) is 0. The zero-order valence-electron chi connectivity index (χ0n) is 8.14. The zero-order chi connectivity index (χ0) is 11.8. The number of hydrogen-bond acceptors (Lipinski definition) is 8. The minimum absolute atomic E-state index is 0.0329. The first-order valence-corrected chi connectivity index (χ1v) is 4.31. The van der Waals surface area contributed by atoms with Crippen molar-refractivity contribution in [3.63, 3.8) is 0 Å². The molecule has 0 spiro atoms. The Balaban J connectivity index is 2.54. The molecule has 16 heavy (non-hydrogen) atoms. The number of aromatic amines is 1. The molecule has 9 nitrogen and oxygen atoms in total. The number of rotatable bonds is 2. The molecule has 0 unspecified atom stereocenters. The molecule has 2 rings (SSSR count). The van der Waals surface area contributed by atoms with Crippen molar-refractivity contribution >= 4 is 17.1 Å².